The van der Waals surface area contributed by atoms with Gasteiger partial charge in [-0.15, -0.1) is 0 Å². The van der Waals surface area contributed by atoms with E-state index in [1.54, 1.807) is 36.3 Å². The molecule has 4 rings (SSSR count). The van der Waals surface area contributed by atoms with E-state index in [2.05, 4.69) is 19.8 Å². The summed E-state index contributed by atoms with van der Waals surface area (Å²) in [6, 6.07) is 6.43. The average Bonchev–Trinajstić information content (AvgIpc) is 3.49. The van der Waals surface area contributed by atoms with E-state index in [0.717, 1.165) is 22.6 Å². The van der Waals surface area contributed by atoms with Crippen LogP contribution in [0.3, 0.4) is 0 Å². The molecule has 0 radical (unpaired) electrons. The molecule has 0 amide bonds. The molecule has 0 spiro atoms. The first kappa shape index (κ1) is 26.6. The topological polar surface area (TPSA) is 100 Å². The number of nitrogens with one attached hydrogen (secondary N) is 1. The minimum atomic E-state index is -3.66. The Morgan fingerprint density at radius 1 is 1.22 bits per heavy atom. The molecule has 3 N–H and O–H groups in total. The molecule has 0 bridgehead atoms. The van der Waals surface area contributed by atoms with Crippen molar-refractivity contribution in [1.29, 1.82) is 0 Å². The summed E-state index contributed by atoms with van der Waals surface area (Å²) in [4.78, 5) is 6.51. The maximum Gasteiger partial charge on any atom is 0.334 e. The van der Waals surface area contributed by atoms with Crippen molar-refractivity contribution in [2.75, 3.05) is 44.6 Å². The lowest BCUT2D eigenvalue weighted by Crippen LogP contribution is -2.48. The highest BCUT2D eigenvalue weighted by Gasteiger charge is 2.32. The van der Waals surface area contributed by atoms with E-state index >= 15 is 0 Å². The zero-order valence-corrected chi connectivity index (χ0v) is 22.0. The second-order valence-electron chi connectivity index (χ2n) is 8.88. The summed E-state index contributed by atoms with van der Waals surface area (Å²) in [5.74, 6) is -0.270. The highest BCUT2D eigenvalue weighted by Crippen LogP contribution is 2.26. The number of piperazine rings is 1. The van der Waals surface area contributed by atoms with Crippen molar-refractivity contribution in [2.45, 2.75) is 29.9 Å². The summed E-state index contributed by atoms with van der Waals surface area (Å²) in [6.07, 6.45) is 3.94. The lowest BCUT2D eigenvalue weighted by atomic mass is 10.1. The van der Waals surface area contributed by atoms with Crippen molar-refractivity contribution in [2.24, 2.45) is 12.8 Å². The zero-order valence-electron chi connectivity index (χ0n) is 20.3. The fourth-order valence-electron chi connectivity index (χ4n) is 4.16. The zero-order chi connectivity index (χ0) is 25.9. The number of alkyl halides is 1. The summed E-state index contributed by atoms with van der Waals surface area (Å²) < 4.78 is 58.7. The quantitative estimate of drug-likeness (QED) is 0.380. The van der Waals surface area contributed by atoms with Gasteiger partial charge >= 0.3 is 5.13 Å². The Morgan fingerprint density at radius 2 is 1.92 bits per heavy atom. The maximum absolute atomic E-state index is 13.5. The molecule has 1 aliphatic heterocycles. The van der Waals surface area contributed by atoms with Crippen molar-refractivity contribution in [3.05, 3.63) is 60.1 Å². The van der Waals surface area contributed by atoms with Gasteiger partial charge in [0.25, 0.3) is 10.0 Å². The Kier molecular flexibility index (Phi) is 8.35. The molecule has 9 nitrogen and oxygen atoms in total. The van der Waals surface area contributed by atoms with E-state index in [1.165, 1.54) is 16.4 Å². The number of rotatable bonds is 10. The van der Waals surface area contributed by atoms with Gasteiger partial charge in [-0.05, 0) is 36.0 Å². The number of imidazole rings is 1. The van der Waals surface area contributed by atoms with Crippen LogP contribution in [-0.4, -0.2) is 72.6 Å². The first-order chi connectivity index (χ1) is 17.2. The summed E-state index contributed by atoms with van der Waals surface area (Å²) in [6.45, 7) is 4.50. The monoisotopic (exact) mass is 540 g/mol. The van der Waals surface area contributed by atoms with Crippen LogP contribution in [0.1, 0.15) is 24.2 Å². The molecular weight excluding hydrogens is 508 g/mol. The van der Waals surface area contributed by atoms with Crippen LogP contribution in [0.5, 0.6) is 0 Å². The van der Waals surface area contributed by atoms with Gasteiger partial charge in [0, 0.05) is 45.5 Å². The molecule has 3 heterocycles. The van der Waals surface area contributed by atoms with Gasteiger partial charge in [0.15, 0.2) is 4.21 Å². The third-order valence-corrected chi connectivity index (χ3v) is 9.85. The molecule has 1 aromatic carbocycles. The van der Waals surface area contributed by atoms with Crippen LogP contribution < -0.4 is 15.6 Å². The summed E-state index contributed by atoms with van der Waals surface area (Å²) >= 11 is 1.09. The molecule has 36 heavy (non-hydrogen) atoms. The number of sulfonamides is 1. The first-order valence-corrected chi connectivity index (χ1v) is 14.0. The molecule has 13 heteroatoms. The first-order valence-electron chi connectivity index (χ1n) is 11.7. The molecule has 2 atom stereocenters. The Hall–Kier alpha value is -2.45. The van der Waals surface area contributed by atoms with Gasteiger partial charge < -0.3 is 10.3 Å². The van der Waals surface area contributed by atoms with Gasteiger partial charge in [-0.3, -0.25) is 10.2 Å². The number of nitrogens with two attached hydrogens (primary N) is 1. The van der Waals surface area contributed by atoms with E-state index in [-0.39, 0.29) is 29.2 Å². The third-order valence-electron chi connectivity index (χ3n) is 6.37. The van der Waals surface area contributed by atoms with Gasteiger partial charge in [0.2, 0.25) is 0 Å². The molecule has 1 saturated heterocycles. The Labute approximate surface area is 214 Å². The van der Waals surface area contributed by atoms with E-state index in [1.807, 2.05) is 13.1 Å². The molecule has 2 unspecified atom stereocenters. The molecule has 3 aromatic rings. The minimum Gasteiger partial charge on any atom is -0.328 e. The van der Waals surface area contributed by atoms with Gasteiger partial charge in [-0.25, -0.2) is 26.7 Å². The number of hydrogen-bond donors (Lipinski definition) is 2. The number of aromatic nitrogens is 3. The number of nitrogens with zero attached hydrogens (tertiary/aromatic N) is 5. The van der Waals surface area contributed by atoms with Crippen LogP contribution in [0, 0.1) is 5.82 Å². The van der Waals surface area contributed by atoms with Crippen LogP contribution >= 0.6 is 11.3 Å². The van der Waals surface area contributed by atoms with Crippen LogP contribution in [-0.2, 0) is 23.6 Å². The molecule has 1 aliphatic rings. The van der Waals surface area contributed by atoms with Crippen LogP contribution in [0.15, 0.2) is 47.2 Å². The van der Waals surface area contributed by atoms with Crippen molar-refractivity contribution in [1.82, 2.24) is 18.8 Å². The summed E-state index contributed by atoms with van der Waals surface area (Å²) in [5.41, 5.74) is 7.30. The van der Waals surface area contributed by atoms with Crippen molar-refractivity contribution >= 4 is 26.5 Å². The van der Waals surface area contributed by atoms with E-state index in [0.29, 0.717) is 37.9 Å². The smallest absolute Gasteiger partial charge is 0.328 e. The molecule has 0 aliphatic carbocycles. The second-order valence-corrected chi connectivity index (χ2v) is 12.1. The van der Waals surface area contributed by atoms with Crippen molar-refractivity contribution < 1.29 is 21.8 Å². The third kappa shape index (κ3) is 5.92. The lowest BCUT2D eigenvalue weighted by Gasteiger charge is -2.33. The highest BCUT2D eigenvalue weighted by molar-refractivity contribution is 7.91. The lowest BCUT2D eigenvalue weighted by molar-refractivity contribution is -0.654. The number of anilines is 1. The molecule has 1 fully saturated rings. The average molecular weight is 541 g/mol. The Bertz CT molecular complexity index is 1260. The minimum absolute atomic E-state index is 0.00957. The Morgan fingerprint density at radius 3 is 2.58 bits per heavy atom. The van der Waals surface area contributed by atoms with Crippen molar-refractivity contribution in [3.8, 4) is 0 Å². The number of thiazole rings is 1. The maximum atomic E-state index is 13.5. The second kappa shape index (κ2) is 11.3. The largest absolute Gasteiger partial charge is 0.334 e. The summed E-state index contributed by atoms with van der Waals surface area (Å²) in [5, 5.41) is 3.49. The standard InChI is InChI=1S/C23H31F2N7O2S2/c1-17(18-3-5-19(24)6-4-18)32-16-27-13-21(32)14-30-7-9-31(10-8-30)36(33,34)22-15-29(2)23(35-22)28-12-20(25)11-26/h3-6,13,15-17,20H,7-12,14,26H2,1-2H3/p+1. The number of benzene rings is 1. The van der Waals surface area contributed by atoms with Crippen molar-refractivity contribution in [3.63, 3.8) is 0 Å². The van der Waals surface area contributed by atoms with Gasteiger partial charge in [0.05, 0.1) is 25.1 Å². The van der Waals surface area contributed by atoms with E-state index in [9.17, 15) is 17.2 Å². The normalized spacial score (nSPS) is 17.2. The van der Waals surface area contributed by atoms with Crippen LogP contribution in [0.4, 0.5) is 13.9 Å². The molecule has 196 valence electrons. The molecular formula is C23H32F2N7O2S2+. The molecule has 0 saturated carbocycles. The van der Waals surface area contributed by atoms with Crippen LogP contribution in [0.2, 0.25) is 0 Å². The van der Waals surface area contributed by atoms with Gasteiger partial charge in [-0.2, -0.15) is 4.31 Å². The van der Waals surface area contributed by atoms with E-state index in [4.69, 9.17) is 5.73 Å². The fourth-order valence-corrected chi connectivity index (χ4v) is 7.08. The van der Waals surface area contributed by atoms with Gasteiger partial charge in [-0.1, -0.05) is 12.1 Å². The Balaban J connectivity index is 1.37. The molecule has 2 aromatic heterocycles. The predicted octanol–water partition coefficient (Wildman–Crippen LogP) is 1.73. The summed E-state index contributed by atoms with van der Waals surface area (Å²) in [7, 11) is -1.93. The van der Waals surface area contributed by atoms with Gasteiger partial charge in [0.1, 0.15) is 24.7 Å². The SMILES string of the molecule is CC(c1ccc(F)cc1)n1cncc1CN1CCN(S(=O)(=O)c2c[n+](C)c(NCC(F)CN)s2)CC1. The fraction of sp³-hybridized carbons (Fsp3) is 0.478. The van der Waals surface area contributed by atoms with E-state index < -0.39 is 16.2 Å². The number of halogens is 2. The predicted molar refractivity (Wildman–Crippen MR) is 134 cm³/mol. The number of hydrogen-bond acceptors (Lipinski definition) is 7. The highest BCUT2D eigenvalue weighted by atomic mass is 32.2. The number of aryl methyl sites for hydroxylation is 1. The van der Waals surface area contributed by atoms with Crippen LogP contribution in [0.25, 0.3) is 0 Å².